The maximum absolute atomic E-state index is 12.5. The molecule has 0 saturated carbocycles. The minimum Gasteiger partial charge on any atom is -0.332 e. The Balaban J connectivity index is 1.39. The minimum atomic E-state index is -4.30. The molecule has 4 heterocycles. The van der Waals surface area contributed by atoms with Gasteiger partial charge in [0.05, 0.1) is 6.04 Å². The maximum Gasteiger partial charge on any atom is 0.406 e. The number of hydrogen-bond acceptors (Lipinski definition) is 3. The summed E-state index contributed by atoms with van der Waals surface area (Å²) in [5, 5.41) is 0. The monoisotopic (exact) mass is 331 g/mol. The highest BCUT2D eigenvalue weighted by atomic mass is 19.4. The minimum absolute atomic E-state index is 0.240. The number of hydrogen-bond donors (Lipinski definition) is 0. The summed E-state index contributed by atoms with van der Waals surface area (Å²) in [7, 11) is 0. The van der Waals surface area contributed by atoms with E-state index in [0.717, 1.165) is 24.5 Å². The molecule has 0 N–H and O–H groups in total. The van der Waals surface area contributed by atoms with Gasteiger partial charge in [0.2, 0.25) is 5.91 Å². The molecule has 23 heavy (non-hydrogen) atoms. The van der Waals surface area contributed by atoms with Crippen LogP contribution in [0, 0.1) is 11.8 Å². The molecule has 4 fully saturated rings. The van der Waals surface area contributed by atoms with Crippen LogP contribution in [0.15, 0.2) is 0 Å². The normalized spacial score (nSPS) is 39.1. The predicted octanol–water partition coefficient (Wildman–Crippen LogP) is 1.57. The van der Waals surface area contributed by atoms with E-state index in [0.29, 0.717) is 24.3 Å². The Labute approximate surface area is 134 Å². The Hall–Kier alpha value is -0.820. The molecule has 0 spiro atoms. The fraction of sp³-hybridized carbons (Fsp3) is 0.938. The number of likely N-dealkylation sites (tertiary alicyclic amines) is 2. The van der Waals surface area contributed by atoms with Crippen LogP contribution in [0.1, 0.15) is 25.7 Å². The molecular weight excluding hydrogens is 307 g/mol. The van der Waals surface area contributed by atoms with Crippen LogP contribution in [0.25, 0.3) is 0 Å². The quantitative estimate of drug-likeness (QED) is 0.768. The molecule has 4 aliphatic rings. The van der Waals surface area contributed by atoms with Crippen molar-refractivity contribution in [2.75, 3.05) is 39.3 Å². The lowest BCUT2D eigenvalue weighted by molar-refractivity contribution is -0.159. The number of amides is 1. The zero-order chi connectivity index (χ0) is 16.2. The van der Waals surface area contributed by atoms with E-state index in [2.05, 4.69) is 9.80 Å². The lowest BCUT2D eigenvalue weighted by Gasteiger charge is -2.34. The molecule has 7 heteroatoms. The van der Waals surface area contributed by atoms with Crippen molar-refractivity contribution in [3.8, 4) is 0 Å². The van der Waals surface area contributed by atoms with E-state index >= 15 is 0 Å². The fourth-order valence-electron chi connectivity index (χ4n) is 5.28. The summed E-state index contributed by atoms with van der Waals surface area (Å²) >= 11 is 0. The third kappa shape index (κ3) is 2.86. The van der Waals surface area contributed by atoms with Gasteiger partial charge in [-0.25, -0.2) is 0 Å². The van der Waals surface area contributed by atoms with E-state index < -0.39 is 12.7 Å². The predicted molar refractivity (Wildman–Crippen MR) is 78.8 cm³/mol. The van der Waals surface area contributed by atoms with Crippen molar-refractivity contribution in [2.45, 2.75) is 43.9 Å². The van der Waals surface area contributed by atoms with Gasteiger partial charge >= 0.3 is 6.18 Å². The lowest BCUT2D eigenvalue weighted by atomic mass is 9.90. The first-order valence-electron chi connectivity index (χ1n) is 8.76. The second-order valence-corrected chi connectivity index (χ2v) is 7.62. The number of nitrogens with zero attached hydrogens (tertiary/aromatic N) is 3. The number of piperidine rings is 1. The number of alkyl halides is 3. The molecule has 0 unspecified atom stereocenters. The number of rotatable bonds is 2. The number of carbonyl (C=O) groups excluding carboxylic acids is 1. The van der Waals surface area contributed by atoms with E-state index in [1.807, 2.05) is 0 Å². The molecule has 0 aromatic rings. The summed E-state index contributed by atoms with van der Waals surface area (Å²) < 4.78 is 37.6. The Kier molecular flexibility index (Phi) is 3.83. The standard InChI is InChI=1S/C16H24F3N3O/c17-16(18,19)10-21-6-4-14(15(21)23)22-8-11-7-20-5-2-1-3-13(20)12(11)9-22/h11-14H,1-10H2/t11-,12-,13+,14+/m0/s1. The van der Waals surface area contributed by atoms with Crippen LogP contribution in [0.3, 0.4) is 0 Å². The van der Waals surface area contributed by atoms with E-state index in [1.165, 1.54) is 25.8 Å². The topological polar surface area (TPSA) is 26.8 Å². The van der Waals surface area contributed by atoms with Gasteiger partial charge in [0.1, 0.15) is 6.54 Å². The molecule has 1 amide bonds. The van der Waals surface area contributed by atoms with Crippen molar-refractivity contribution in [1.29, 1.82) is 0 Å². The molecule has 4 nitrogen and oxygen atoms in total. The van der Waals surface area contributed by atoms with Gasteiger partial charge in [-0.2, -0.15) is 13.2 Å². The number of halogens is 3. The van der Waals surface area contributed by atoms with Crippen LogP contribution in [-0.4, -0.2) is 78.1 Å². The van der Waals surface area contributed by atoms with Gasteiger partial charge in [-0.3, -0.25) is 14.6 Å². The third-order valence-electron chi connectivity index (χ3n) is 6.23. The van der Waals surface area contributed by atoms with Crippen molar-refractivity contribution in [3.05, 3.63) is 0 Å². The van der Waals surface area contributed by atoms with Crippen LogP contribution >= 0.6 is 0 Å². The largest absolute Gasteiger partial charge is 0.406 e. The van der Waals surface area contributed by atoms with E-state index in [4.69, 9.17) is 0 Å². The molecule has 4 saturated heterocycles. The summed E-state index contributed by atoms with van der Waals surface area (Å²) in [6.07, 6.45) is 0.0600. The Morgan fingerprint density at radius 1 is 1.00 bits per heavy atom. The molecule has 0 aromatic carbocycles. The summed E-state index contributed by atoms with van der Waals surface area (Å²) in [5.74, 6) is 0.894. The van der Waals surface area contributed by atoms with Crippen molar-refractivity contribution in [1.82, 2.24) is 14.7 Å². The van der Waals surface area contributed by atoms with E-state index in [9.17, 15) is 18.0 Å². The first kappa shape index (κ1) is 15.7. The third-order valence-corrected chi connectivity index (χ3v) is 6.23. The van der Waals surface area contributed by atoms with Gasteiger partial charge in [-0.15, -0.1) is 0 Å². The Bertz CT molecular complexity index is 484. The van der Waals surface area contributed by atoms with Gasteiger partial charge < -0.3 is 4.90 Å². The van der Waals surface area contributed by atoms with Crippen molar-refractivity contribution in [2.24, 2.45) is 11.8 Å². The average Bonchev–Trinajstić information content (AvgIpc) is 3.11. The van der Waals surface area contributed by atoms with Crippen molar-refractivity contribution >= 4 is 5.91 Å². The molecular formula is C16H24F3N3O. The van der Waals surface area contributed by atoms with Gasteiger partial charge in [-0.05, 0) is 37.6 Å². The fourth-order valence-corrected chi connectivity index (χ4v) is 5.28. The van der Waals surface area contributed by atoms with Crippen LogP contribution in [-0.2, 0) is 4.79 Å². The summed E-state index contributed by atoms with van der Waals surface area (Å²) in [6.45, 7) is 3.22. The molecule has 4 aliphatic heterocycles. The second kappa shape index (κ2) is 5.62. The van der Waals surface area contributed by atoms with Crippen molar-refractivity contribution in [3.63, 3.8) is 0 Å². The zero-order valence-electron chi connectivity index (χ0n) is 13.3. The van der Waals surface area contributed by atoms with Gasteiger partial charge in [0.25, 0.3) is 0 Å². The first-order chi connectivity index (χ1) is 10.9. The van der Waals surface area contributed by atoms with E-state index in [-0.39, 0.29) is 18.5 Å². The van der Waals surface area contributed by atoms with E-state index in [1.54, 1.807) is 0 Å². The highest BCUT2D eigenvalue weighted by molar-refractivity contribution is 5.84. The van der Waals surface area contributed by atoms with Crippen LogP contribution in [0.4, 0.5) is 13.2 Å². The summed E-state index contributed by atoms with van der Waals surface area (Å²) in [6, 6.07) is 0.321. The van der Waals surface area contributed by atoms with Crippen LogP contribution < -0.4 is 0 Å². The molecule has 4 rings (SSSR count). The molecule has 0 bridgehead atoms. The zero-order valence-corrected chi connectivity index (χ0v) is 13.3. The molecule has 0 aromatic heterocycles. The highest BCUT2D eigenvalue weighted by Gasteiger charge is 2.51. The first-order valence-corrected chi connectivity index (χ1v) is 8.76. The molecule has 0 radical (unpaired) electrons. The number of fused-ring (bicyclic) bond motifs is 3. The summed E-state index contributed by atoms with van der Waals surface area (Å²) in [4.78, 5) is 18.1. The van der Waals surface area contributed by atoms with Gasteiger partial charge in [0.15, 0.2) is 0 Å². The highest BCUT2D eigenvalue weighted by Crippen LogP contribution is 2.41. The summed E-state index contributed by atoms with van der Waals surface area (Å²) in [5.41, 5.74) is 0. The average molecular weight is 331 g/mol. The van der Waals surface area contributed by atoms with Crippen LogP contribution in [0.5, 0.6) is 0 Å². The Morgan fingerprint density at radius 3 is 2.57 bits per heavy atom. The van der Waals surface area contributed by atoms with Crippen LogP contribution in [0.2, 0.25) is 0 Å². The van der Waals surface area contributed by atoms with Gasteiger partial charge in [0, 0.05) is 32.2 Å². The maximum atomic E-state index is 12.5. The Morgan fingerprint density at radius 2 is 1.78 bits per heavy atom. The number of carbonyl (C=O) groups is 1. The molecule has 130 valence electrons. The molecule has 4 atom stereocenters. The van der Waals surface area contributed by atoms with Gasteiger partial charge in [-0.1, -0.05) is 6.42 Å². The SMILES string of the molecule is O=C1[C@H](N2C[C@@H]3CN4CCCC[C@@H]4[C@H]3C2)CCN1CC(F)(F)F. The van der Waals surface area contributed by atoms with Crippen molar-refractivity contribution < 1.29 is 18.0 Å². The second-order valence-electron chi connectivity index (χ2n) is 7.62. The molecule has 0 aliphatic carbocycles. The lowest BCUT2D eigenvalue weighted by Crippen LogP contribution is -2.45. The smallest absolute Gasteiger partial charge is 0.332 e.